The maximum atomic E-state index is 12.8. The lowest BCUT2D eigenvalue weighted by Gasteiger charge is -2.21. The molecule has 1 amide bonds. The fourth-order valence-electron chi connectivity index (χ4n) is 3.03. The first kappa shape index (κ1) is 15.7. The van der Waals surface area contributed by atoms with Crippen LogP contribution >= 0.6 is 0 Å². The molecule has 3 aromatic heterocycles. The van der Waals surface area contributed by atoms with Gasteiger partial charge in [0.2, 0.25) is 0 Å². The second-order valence-electron chi connectivity index (χ2n) is 6.07. The summed E-state index contributed by atoms with van der Waals surface area (Å²) in [6.07, 6.45) is 4.52. The fraction of sp³-hybridized carbons (Fsp3) is 0.400. The molecule has 3 aromatic rings. The van der Waals surface area contributed by atoms with Gasteiger partial charge in [0.05, 0.1) is 12.6 Å². The zero-order valence-corrected chi connectivity index (χ0v) is 13.5. The van der Waals surface area contributed by atoms with E-state index >= 15 is 0 Å². The molecule has 0 spiro atoms. The quantitative estimate of drug-likeness (QED) is 0.638. The number of H-pyrrole nitrogens is 1. The second-order valence-corrected chi connectivity index (χ2v) is 6.07. The first-order valence-corrected chi connectivity index (χ1v) is 8.05. The van der Waals surface area contributed by atoms with Gasteiger partial charge in [-0.1, -0.05) is 0 Å². The molecule has 1 atom stereocenters. The van der Waals surface area contributed by atoms with Crippen LogP contribution in [0.15, 0.2) is 30.7 Å². The minimum absolute atomic E-state index is 0.135. The molecular weight excluding hydrogens is 324 g/mol. The monoisotopic (exact) mass is 342 g/mol. The number of pyridine rings is 1. The lowest BCUT2D eigenvalue weighted by Crippen LogP contribution is -2.37. The van der Waals surface area contributed by atoms with Gasteiger partial charge in [0.1, 0.15) is 5.82 Å². The SMILES string of the molecule is O=C(c1ccn2nnnc2c1)N1CCN(Cc2ncc[nH]2)C[C@H](O)C1. The maximum Gasteiger partial charge on any atom is 0.254 e. The number of aromatic nitrogens is 6. The van der Waals surface area contributed by atoms with Crippen LogP contribution in [0.4, 0.5) is 0 Å². The highest BCUT2D eigenvalue weighted by molar-refractivity contribution is 5.95. The van der Waals surface area contributed by atoms with Crippen molar-refractivity contribution in [2.45, 2.75) is 12.6 Å². The van der Waals surface area contributed by atoms with Gasteiger partial charge in [-0.3, -0.25) is 9.69 Å². The van der Waals surface area contributed by atoms with E-state index < -0.39 is 6.10 Å². The molecule has 130 valence electrons. The zero-order chi connectivity index (χ0) is 17.2. The van der Waals surface area contributed by atoms with Crippen molar-refractivity contribution < 1.29 is 9.90 Å². The molecular formula is C15H18N8O2. The topological polar surface area (TPSA) is 116 Å². The summed E-state index contributed by atoms with van der Waals surface area (Å²) in [5.74, 6) is 0.709. The van der Waals surface area contributed by atoms with Crippen molar-refractivity contribution in [2.24, 2.45) is 0 Å². The van der Waals surface area contributed by atoms with E-state index in [1.54, 1.807) is 35.6 Å². The lowest BCUT2D eigenvalue weighted by molar-refractivity contribution is 0.0662. The molecule has 25 heavy (non-hydrogen) atoms. The third-order valence-electron chi connectivity index (χ3n) is 4.25. The molecule has 4 heterocycles. The Morgan fingerprint density at radius 3 is 3.12 bits per heavy atom. The number of nitrogens with one attached hydrogen (secondary N) is 1. The first-order valence-electron chi connectivity index (χ1n) is 8.05. The molecule has 0 unspecified atom stereocenters. The third-order valence-corrected chi connectivity index (χ3v) is 4.25. The Balaban J connectivity index is 1.47. The van der Waals surface area contributed by atoms with Crippen molar-refractivity contribution in [1.29, 1.82) is 0 Å². The van der Waals surface area contributed by atoms with Gasteiger partial charge in [-0.15, -0.1) is 5.10 Å². The zero-order valence-electron chi connectivity index (χ0n) is 13.5. The number of hydrogen-bond donors (Lipinski definition) is 2. The summed E-state index contributed by atoms with van der Waals surface area (Å²) in [7, 11) is 0. The molecule has 1 saturated heterocycles. The van der Waals surface area contributed by atoms with Crippen LogP contribution in [0.25, 0.3) is 5.65 Å². The van der Waals surface area contributed by atoms with Crippen molar-refractivity contribution in [2.75, 3.05) is 26.2 Å². The van der Waals surface area contributed by atoms with Gasteiger partial charge >= 0.3 is 0 Å². The number of fused-ring (bicyclic) bond motifs is 1. The van der Waals surface area contributed by atoms with Crippen molar-refractivity contribution in [3.05, 3.63) is 42.1 Å². The Bertz CT molecular complexity index is 861. The second kappa shape index (κ2) is 6.57. The minimum Gasteiger partial charge on any atom is -0.390 e. The Labute approximate surface area is 143 Å². The Kier molecular flexibility index (Phi) is 4.12. The third kappa shape index (κ3) is 3.35. The van der Waals surface area contributed by atoms with Crippen LogP contribution in [0.2, 0.25) is 0 Å². The van der Waals surface area contributed by atoms with E-state index in [0.717, 1.165) is 5.82 Å². The number of carbonyl (C=O) groups is 1. The number of carbonyl (C=O) groups excluding carboxylic acids is 1. The van der Waals surface area contributed by atoms with E-state index in [1.165, 1.54) is 4.52 Å². The van der Waals surface area contributed by atoms with Crippen LogP contribution in [0.3, 0.4) is 0 Å². The minimum atomic E-state index is -0.611. The highest BCUT2D eigenvalue weighted by Gasteiger charge is 2.25. The number of hydrogen-bond acceptors (Lipinski definition) is 7. The van der Waals surface area contributed by atoms with Gasteiger partial charge in [-0.25, -0.2) is 9.50 Å². The average Bonchev–Trinajstić information content (AvgIpc) is 3.24. The van der Waals surface area contributed by atoms with Crippen molar-refractivity contribution in [1.82, 2.24) is 39.8 Å². The Morgan fingerprint density at radius 2 is 2.28 bits per heavy atom. The fourth-order valence-corrected chi connectivity index (χ4v) is 3.03. The van der Waals surface area contributed by atoms with E-state index in [0.29, 0.717) is 43.9 Å². The summed E-state index contributed by atoms with van der Waals surface area (Å²) in [6.45, 7) is 2.61. The summed E-state index contributed by atoms with van der Waals surface area (Å²) in [5.41, 5.74) is 1.02. The molecule has 0 aliphatic carbocycles. The summed E-state index contributed by atoms with van der Waals surface area (Å²) >= 11 is 0. The molecule has 1 fully saturated rings. The number of rotatable bonds is 3. The number of β-amino-alcohol motifs (C(OH)–C–C–N with tert-alkyl or cyclic N) is 1. The molecule has 10 nitrogen and oxygen atoms in total. The van der Waals surface area contributed by atoms with Crippen LogP contribution in [0.5, 0.6) is 0 Å². The van der Waals surface area contributed by atoms with Crippen LogP contribution < -0.4 is 0 Å². The molecule has 1 aliphatic heterocycles. The van der Waals surface area contributed by atoms with Gasteiger partial charge in [0.25, 0.3) is 5.91 Å². The van der Waals surface area contributed by atoms with E-state index in [2.05, 4.69) is 30.4 Å². The van der Waals surface area contributed by atoms with Crippen LogP contribution in [-0.2, 0) is 6.54 Å². The molecule has 0 radical (unpaired) electrons. The van der Waals surface area contributed by atoms with E-state index in [1.807, 2.05) is 0 Å². The standard InChI is InChI=1S/C15H18N8O2/c24-12-8-21(10-13-16-2-3-17-13)5-6-22(9-12)15(25)11-1-4-23-14(7-11)18-19-20-23/h1-4,7,12,24H,5-6,8-10H2,(H,16,17)/t12-/m0/s1. The van der Waals surface area contributed by atoms with Crippen LogP contribution in [0.1, 0.15) is 16.2 Å². The summed E-state index contributed by atoms with van der Waals surface area (Å²) in [6, 6.07) is 3.34. The lowest BCUT2D eigenvalue weighted by atomic mass is 10.2. The van der Waals surface area contributed by atoms with Gasteiger partial charge < -0.3 is 15.0 Å². The molecule has 10 heteroatoms. The van der Waals surface area contributed by atoms with Gasteiger partial charge in [-0.2, -0.15) is 0 Å². The van der Waals surface area contributed by atoms with Crippen molar-refractivity contribution in [3.63, 3.8) is 0 Å². The van der Waals surface area contributed by atoms with E-state index in [-0.39, 0.29) is 5.91 Å². The smallest absolute Gasteiger partial charge is 0.254 e. The van der Waals surface area contributed by atoms with Crippen molar-refractivity contribution in [3.8, 4) is 0 Å². The predicted molar refractivity (Wildman–Crippen MR) is 86.6 cm³/mol. The highest BCUT2D eigenvalue weighted by atomic mass is 16.3. The number of tetrazole rings is 1. The molecule has 0 saturated carbocycles. The van der Waals surface area contributed by atoms with Crippen molar-refractivity contribution >= 4 is 11.6 Å². The number of aliphatic hydroxyl groups excluding tert-OH is 1. The summed E-state index contributed by atoms with van der Waals surface area (Å²) < 4.78 is 1.50. The van der Waals surface area contributed by atoms with Crippen LogP contribution in [0, 0.1) is 0 Å². The number of imidazole rings is 1. The summed E-state index contributed by atoms with van der Waals surface area (Å²) in [4.78, 5) is 23.8. The Hall–Kier alpha value is -2.85. The van der Waals surface area contributed by atoms with E-state index in [9.17, 15) is 9.90 Å². The van der Waals surface area contributed by atoms with Crippen LogP contribution in [-0.4, -0.2) is 83.1 Å². The molecule has 0 aromatic carbocycles. The number of amides is 1. The number of aromatic amines is 1. The Morgan fingerprint density at radius 1 is 1.36 bits per heavy atom. The molecule has 2 N–H and O–H groups in total. The highest BCUT2D eigenvalue weighted by Crippen LogP contribution is 2.12. The summed E-state index contributed by atoms with van der Waals surface area (Å²) in [5, 5.41) is 21.5. The predicted octanol–water partition coefficient (Wildman–Crippen LogP) is -0.834. The van der Waals surface area contributed by atoms with Gasteiger partial charge in [-0.05, 0) is 22.6 Å². The molecule has 4 rings (SSSR count). The molecule has 0 bridgehead atoms. The van der Waals surface area contributed by atoms with Gasteiger partial charge in [0.15, 0.2) is 5.65 Å². The molecule has 1 aliphatic rings. The number of aliphatic hydroxyl groups is 1. The normalized spacial score (nSPS) is 19.2. The maximum absolute atomic E-state index is 12.8. The average molecular weight is 342 g/mol. The van der Waals surface area contributed by atoms with Gasteiger partial charge in [0, 0.05) is 50.3 Å². The number of nitrogens with zero attached hydrogens (tertiary/aromatic N) is 7. The van der Waals surface area contributed by atoms with E-state index in [4.69, 9.17) is 0 Å². The first-order chi connectivity index (χ1) is 12.2. The largest absolute Gasteiger partial charge is 0.390 e.